The molecule has 0 radical (unpaired) electrons. The molecule has 0 bridgehead atoms. The number of hydrogen-bond acceptors (Lipinski definition) is 0. The van der Waals surface area contributed by atoms with Crippen LogP contribution in [0.5, 0.6) is 0 Å². The van der Waals surface area contributed by atoms with Gasteiger partial charge in [0, 0.05) is 28.9 Å². The monoisotopic (exact) mass is 428 g/mol. The van der Waals surface area contributed by atoms with Crippen LogP contribution in [0.4, 0.5) is 0 Å². The molecule has 2 nitrogen and oxygen atoms in total. The van der Waals surface area contributed by atoms with E-state index in [0.717, 1.165) is 19.4 Å². The normalized spacial score (nSPS) is 10.9. The number of pyridine rings is 1. The fourth-order valence-corrected chi connectivity index (χ4v) is 3.42. The number of aryl methyl sites for hydroxylation is 3. The Morgan fingerprint density at radius 3 is 2.38 bits per heavy atom. The van der Waals surface area contributed by atoms with Crippen molar-refractivity contribution in [2.45, 2.75) is 19.4 Å². The highest BCUT2D eigenvalue weighted by Gasteiger charge is 2.12. The first-order valence-electron chi connectivity index (χ1n) is 8.23. The zero-order chi connectivity index (χ0) is 15.6. The lowest BCUT2D eigenvalue weighted by molar-refractivity contribution is -0.670. The molecule has 24 heavy (non-hydrogen) atoms. The third kappa shape index (κ3) is 3.18. The molecule has 0 aliphatic carbocycles. The second-order valence-electron chi connectivity index (χ2n) is 6.17. The van der Waals surface area contributed by atoms with Crippen LogP contribution in [-0.4, -0.2) is 4.57 Å². The van der Waals surface area contributed by atoms with Crippen LogP contribution >= 0.6 is 0 Å². The van der Waals surface area contributed by atoms with Crippen molar-refractivity contribution in [1.82, 2.24) is 4.57 Å². The van der Waals surface area contributed by atoms with Gasteiger partial charge >= 0.3 is 0 Å². The maximum absolute atomic E-state index is 2.47. The number of benzene rings is 2. The van der Waals surface area contributed by atoms with Gasteiger partial charge in [-0.15, -0.1) is 0 Å². The Bertz CT molecular complexity index is 958. The van der Waals surface area contributed by atoms with E-state index in [2.05, 4.69) is 89.2 Å². The molecule has 0 aliphatic heterocycles. The van der Waals surface area contributed by atoms with E-state index >= 15 is 0 Å². The van der Waals surface area contributed by atoms with Crippen molar-refractivity contribution in [3.8, 4) is 0 Å². The van der Waals surface area contributed by atoms with Gasteiger partial charge in [-0.3, -0.25) is 0 Å². The van der Waals surface area contributed by atoms with Crippen molar-refractivity contribution in [2.24, 2.45) is 7.05 Å². The molecule has 2 aromatic carbocycles. The first kappa shape index (κ1) is 17.0. The van der Waals surface area contributed by atoms with E-state index in [9.17, 15) is 0 Å². The second kappa shape index (κ2) is 7.34. The minimum Gasteiger partial charge on any atom is -1.00 e. The number of rotatable bonds is 4. The van der Waals surface area contributed by atoms with Crippen molar-refractivity contribution in [3.63, 3.8) is 0 Å². The molecule has 2 heterocycles. The van der Waals surface area contributed by atoms with Crippen molar-refractivity contribution in [3.05, 3.63) is 78.6 Å². The molecular formula is C21H21IN2. The molecule has 2 aromatic heterocycles. The highest BCUT2D eigenvalue weighted by atomic mass is 127. The van der Waals surface area contributed by atoms with Gasteiger partial charge in [-0.25, -0.2) is 4.57 Å². The fraction of sp³-hybridized carbons (Fsp3) is 0.190. The average molecular weight is 428 g/mol. The van der Waals surface area contributed by atoms with Crippen molar-refractivity contribution in [1.29, 1.82) is 0 Å². The Morgan fingerprint density at radius 2 is 1.54 bits per heavy atom. The second-order valence-corrected chi connectivity index (χ2v) is 6.17. The van der Waals surface area contributed by atoms with Gasteiger partial charge in [0.15, 0.2) is 12.4 Å². The van der Waals surface area contributed by atoms with E-state index in [0.29, 0.717) is 0 Å². The standard InChI is InChI=1S/C21H21N2.HI/c1-22-15-13-19-18-11-5-6-12-20(18)23(21(19)16-22)14-7-10-17-8-3-2-4-9-17;/h2-6,8-9,11-13,15-16H,7,10,14H2,1H3;1H/q+1;/p-1. The van der Waals surface area contributed by atoms with Crippen LogP contribution < -0.4 is 28.5 Å². The van der Waals surface area contributed by atoms with Crippen LogP contribution in [0, 0.1) is 0 Å². The quantitative estimate of drug-likeness (QED) is 0.342. The highest BCUT2D eigenvalue weighted by molar-refractivity contribution is 6.07. The van der Waals surface area contributed by atoms with Crippen LogP contribution in [0.2, 0.25) is 0 Å². The van der Waals surface area contributed by atoms with Crippen LogP contribution in [0.15, 0.2) is 73.1 Å². The van der Waals surface area contributed by atoms with E-state index in [-0.39, 0.29) is 24.0 Å². The Morgan fingerprint density at radius 1 is 0.833 bits per heavy atom. The molecule has 0 N–H and O–H groups in total. The lowest BCUT2D eigenvalue weighted by Crippen LogP contribution is -3.00. The van der Waals surface area contributed by atoms with Gasteiger partial charge in [-0.05, 0) is 24.5 Å². The third-order valence-electron chi connectivity index (χ3n) is 4.54. The summed E-state index contributed by atoms with van der Waals surface area (Å²) >= 11 is 0. The topological polar surface area (TPSA) is 8.81 Å². The Balaban J connectivity index is 0.00000169. The summed E-state index contributed by atoms with van der Waals surface area (Å²) in [6, 6.07) is 21.7. The Labute approximate surface area is 159 Å². The number of para-hydroxylation sites is 1. The number of aromatic nitrogens is 2. The number of fused-ring (bicyclic) bond motifs is 3. The average Bonchev–Trinajstić information content (AvgIpc) is 2.89. The zero-order valence-corrected chi connectivity index (χ0v) is 16.0. The lowest BCUT2D eigenvalue weighted by atomic mass is 10.1. The molecule has 0 amide bonds. The van der Waals surface area contributed by atoms with Crippen molar-refractivity contribution >= 4 is 21.8 Å². The number of nitrogens with zero attached hydrogens (tertiary/aromatic N) is 2. The maximum Gasteiger partial charge on any atom is 0.193 e. The van der Waals surface area contributed by atoms with Gasteiger partial charge in [0.2, 0.25) is 0 Å². The first-order chi connectivity index (χ1) is 11.3. The molecule has 0 atom stereocenters. The van der Waals surface area contributed by atoms with E-state index in [1.165, 1.54) is 27.4 Å². The molecule has 3 heteroatoms. The summed E-state index contributed by atoms with van der Waals surface area (Å²) in [5.74, 6) is 0. The zero-order valence-electron chi connectivity index (χ0n) is 13.8. The lowest BCUT2D eigenvalue weighted by Gasteiger charge is -2.07. The molecular weight excluding hydrogens is 407 g/mol. The molecule has 4 rings (SSSR count). The Kier molecular flexibility index (Phi) is 5.19. The summed E-state index contributed by atoms with van der Waals surface area (Å²) in [6.45, 7) is 1.04. The van der Waals surface area contributed by atoms with E-state index in [4.69, 9.17) is 0 Å². The van der Waals surface area contributed by atoms with E-state index < -0.39 is 0 Å². The van der Waals surface area contributed by atoms with Crippen LogP contribution in [-0.2, 0) is 20.0 Å². The summed E-state index contributed by atoms with van der Waals surface area (Å²) in [5.41, 5.74) is 4.07. The summed E-state index contributed by atoms with van der Waals surface area (Å²) in [4.78, 5) is 0. The van der Waals surface area contributed by atoms with Crippen molar-refractivity contribution in [2.75, 3.05) is 0 Å². The number of hydrogen-bond donors (Lipinski definition) is 0. The van der Waals surface area contributed by atoms with Crippen molar-refractivity contribution < 1.29 is 28.5 Å². The van der Waals surface area contributed by atoms with Gasteiger partial charge < -0.3 is 28.5 Å². The summed E-state index contributed by atoms with van der Waals surface area (Å²) in [6.07, 6.45) is 6.63. The van der Waals surface area contributed by atoms with Gasteiger partial charge in [-0.2, -0.15) is 0 Å². The Hall–Kier alpha value is -1.88. The predicted octanol–water partition coefficient (Wildman–Crippen LogP) is 1.26. The van der Waals surface area contributed by atoms with Crippen LogP contribution in [0.25, 0.3) is 21.8 Å². The number of halogens is 1. The third-order valence-corrected chi connectivity index (χ3v) is 4.54. The van der Waals surface area contributed by atoms with Crippen LogP contribution in [0.3, 0.4) is 0 Å². The summed E-state index contributed by atoms with van der Waals surface area (Å²) in [7, 11) is 2.09. The largest absolute Gasteiger partial charge is 1.00 e. The summed E-state index contributed by atoms with van der Waals surface area (Å²) < 4.78 is 4.60. The minimum atomic E-state index is 0. The maximum atomic E-state index is 2.47. The molecule has 0 spiro atoms. The first-order valence-corrected chi connectivity index (χ1v) is 8.23. The molecule has 4 aromatic rings. The van der Waals surface area contributed by atoms with Crippen LogP contribution in [0.1, 0.15) is 12.0 Å². The SMILES string of the molecule is C[n+]1ccc2c3ccccc3n(CCCc3ccccc3)c2c1.[I-]. The molecule has 0 unspecified atom stereocenters. The van der Waals surface area contributed by atoms with E-state index in [1.807, 2.05) is 0 Å². The molecule has 0 aliphatic rings. The molecule has 0 saturated carbocycles. The smallest absolute Gasteiger partial charge is 0.193 e. The highest BCUT2D eigenvalue weighted by Crippen LogP contribution is 2.28. The molecule has 0 fully saturated rings. The summed E-state index contributed by atoms with van der Waals surface area (Å²) in [5, 5.41) is 2.70. The van der Waals surface area contributed by atoms with E-state index in [1.54, 1.807) is 0 Å². The van der Waals surface area contributed by atoms with Gasteiger partial charge in [-0.1, -0.05) is 48.5 Å². The molecule has 0 saturated heterocycles. The molecule has 122 valence electrons. The van der Waals surface area contributed by atoms with Gasteiger partial charge in [0.25, 0.3) is 0 Å². The predicted molar refractivity (Wildman–Crippen MR) is 95.4 cm³/mol. The minimum absolute atomic E-state index is 0. The fourth-order valence-electron chi connectivity index (χ4n) is 3.42. The van der Waals surface area contributed by atoms with Gasteiger partial charge in [0.1, 0.15) is 12.6 Å². The van der Waals surface area contributed by atoms with Gasteiger partial charge in [0.05, 0.1) is 0 Å².